The Bertz CT molecular complexity index is 1650. The van der Waals surface area contributed by atoms with Gasteiger partial charge < -0.3 is 15.1 Å². The number of likely N-dealkylation sites (tertiary alicyclic amines) is 1. The van der Waals surface area contributed by atoms with Crippen LogP contribution in [-0.2, 0) is 6.54 Å². The van der Waals surface area contributed by atoms with Crippen molar-refractivity contribution in [1.29, 1.82) is 0 Å². The largest absolute Gasteiger partial charge is 0.353 e. The van der Waals surface area contributed by atoms with Crippen LogP contribution < -0.4 is 5.32 Å². The number of hydrogen-bond acceptors (Lipinski definition) is 7. The Labute approximate surface area is 257 Å². The van der Waals surface area contributed by atoms with Gasteiger partial charge in [0.1, 0.15) is 0 Å². The molecule has 0 unspecified atom stereocenters. The SMILES string of the molecule is C[C@H](NC(=O)c1c(CN2CCN(C(=C[N+](=O)[O-])N3CCCC3)CC2)c(-c2ccccc2)nc2ccccc12)c1ccccc1. The molecule has 0 spiro atoms. The van der Waals surface area contributed by atoms with E-state index in [1.54, 1.807) is 0 Å². The summed E-state index contributed by atoms with van der Waals surface area (Å²) >= 11 is 0. The molecular weight excluding hydrogens is 552 g/mol. The number of rotatable bonds is 9. The minimum Gasteiger partial charge on any atom is -0.353 e. The molecule has 4 aromatic rings. The van der Waals surface area contributed by atoms with Crippen LogP contribution in [0.25, 0.3) is 22.2 Å². The lowest BCUT2D eigenvalue weighted by molar-refractivity contribution is -0.405. The van der Waals surface area contributed by atoms with Crippen molar-refractivity contribution in [2.24, 2.45) is 0 Å². The maximum absolute atomic E-state index is 14.2. The zero-order valence-electron chi connectivity index (χ0n) is 25.1. The Morgan fingerprint density at radius 3 is 2.18 bits per heavy atom. The molecule has 1 N–H and O–H groups in total. The van der Waals surface area contributed by atoms with Gasteiger partial charge in [0.05, 0.1) is 27.7 Å². The predicted molar refractivity (Wildman–Crippen MR) is 172 cm³/mol. The number of fused-ring (bicyclic) bond motifs is 1. The number of benzene rings is 3. The maximum Gasteiger partial charge on any atom is 0.274 e. The molecule has 44 heavy (non-hydrogen) atoms. The molecule has 0 saturated carbocycles. The second-order valence-electron chi connectivity index (χ2n) is 11.5. The highest BCUT2D eigenvalue weighted by Gasteiger charge is 2.29. The molecule has 9 heteroatoms. The smallest absolute Gasteiger partial charge is 0.274 e. The third kappa shape index (κ3) is 6.43. The lowest BCUT2D eigenvalue weighted by Gasteiger charge is -2.39. The highest BCUT2D eigenvalue weighted by Crippen LogP contribution is 2.32. The Balaban J connectivity index is 1.34. The molecule has 226 valence electrons. The number of amides is 1. The van der Waals surface area contributed by atoms with Gasteiger partial charge in [-0.05, 0) is 31.4 Å². The highest BCUT2D eigenvalue weighted by molar-refractivity contribution is 6.09. The molecular formula is C35H38N6O3. The predicted octanol–water partition coefficient (Wildman–Crippen LogP) is 5.68. The average molecular weight is 591 g/mol. The lowest BCUT2D eigenvalue weighted by Crippen LogP contribution is -2.48. The third-order valence-corrected chi connectivity index (χ3v) is 8.64. The molecule has 3 heterocycles. The number of aromatic nitrogens is 1. The number of carbonyl (C=O) groups excluding carboxylic acids is 1. The lowest BCUT2D eigenvalue weighted by atomic mass is 9.95. The van der Waals surface area contributed by atoms with Gasteiger partial charge in [-0.15, -0.1) is 0 Å². The van der Waals surface area contributed by atoms with E-state index in [4.69, 9.17) is 4.98 Å². The molecule has 6 rings (SSSR count). The standard InChI is InChI=1S/C35H38N6O3/c1-26(27-12-4-2-5-13-27)36-35(42)33-29-16-8-9-17-31(29)37-34(28-14-6-3-7-15-28)30(33)24-38-20-22-40(23-21-38)32(25-41(43)44)39-18-10-11-19-39/h2-9,12-17,25-26H,10-11,18-24H2,1H3,(H,36,42)/t26-/m0/s1. The minimum atomic E-state index is -0.339. The van der Waals surface area contributed by atoms with Crippen LogP contribution in [0.1, 0.15) is 47.3 Å². The van der Waals surface area contributed by atoms with Crippen molar-refractivity contribution >= 4 is 16.8 Å². The van der Waals surface area contributed by atoms with Crippen molar-refractivity contribution in [2.75, 3.05) is 39.3 Å². The normalized spacial score (nSPS) is 16.7. The van der Waals surface area contributed by atoms with Gasteiger partial charge in [0, 0.05) is 62.3 Å². The van der Waals surface area contributed by atoms with Crippen LogP contribution in [0.5, 0.6) is 0 Å². The fourth-order valence-electron chi connectivity index (χ4n) is 6.36. The number of para-hydroxylation sites is 1. The second kappa shape index (κ2) is 13.3. The van der Waals surface area contributed by atoms with Crippen molar-refractivity contribution in [3.63, 3.8) is 0 Å². The zero-order chi connectivity index (χ0) is 30.5. The number of nitrogens with one attached hydrogen (secondary N) is 1. The number of hydrogen-bond donors (Lipinski definition) is 1. The summed E-state index contributed by atoms with van der Waals surface area (Å²) in [7, 11) is 0. The molecule has 0 radical (unpaired) electrons. The fourth-order valence-corrected chi connectivity index (χ4v) is 6.36. The summed E-state index contributed by atoms with van der Waals surface area (Å²) < 4.78 is 0. The van der Waals surface area contributed by atoms with Gasteiger partial charge in [0.2, 0.25) is 0 Å². The van der Waals surface area contributed by atoms with E-state index < -0.39 is 0 Å². The van der Waals surface area contributed by atoms with Gasteiger partial charge in [-0.3, -0.25) is 19.8 Å². The first kappa shape index (κ1) is 29.3. The Morgan fingerprint density at radius 2 is 1.50 bits per heavy atom. The van der Waals surface area contributed by atoms with Gasteiger partial charge in [-0.1, -0.05) is 78.9 Å². The van der Waals surface area contributed by atoms with Crippen molar-refractivity contribution in [3.05, 3.63) is 124 Å². The van der Waals surface area contributed by atoms with Crippen LogP contribution >= 0.6 is 0 Å². The van der Waals surface area contributed by atoms with E-state index >= 15 is 0 Å². The molecule has 2 aliphatic rings. The number of piperazine rings is 1. The monoisotopic (exact) mass is 590 g/mol. The van der Waals surface area contributed by atoms with Gasteiger partial charge >= 0.3 is 0 Å². The molecule has 9 nitrogen and oxygen atoms in total. The molecule has 1 aromatic heterocycles. The van der Waals surface area contributed by atoms with Gasteiger partial charge in [0.15, 0.2) is 5.82 Å². The molecule has 1 atom stereocenters. The van der Waals surface area contributed by atoms with E-state index in [-0.39, 0.29) is 16.9 Å². The Morgan fingerprint density at radius 1 is 0.886 bits per heavy atom. The summed E-state index contributed by atoms with van der Waals surface area (Å²) in [6.45, 7) is 7.01. The molecule has 3 aromatic carbocycles. The average Bonchev–Trinajstić information content (AvgIpc) is 3.59. The Kier molecular flexibility index (Phi) is 8.84. The van der Waals surface area contributed by atoms with Gasteiger partial charge in [-0.2, -0.15) is 0 Å². The summed E-state index contributed by atoms with van der Waals surface area (Å²) in [5, 5.41) is 15.6. The molecule has 2 fully saturated rings. The first-order valence-corrected chi connectivity index (χ1v) is 15.4. The molecule has 2 aliphatic heterocycles. The molecule has 2 saturated heterocycles. The van der Waals surface area contributed by atoms with E-state index in [2.05, 4.69) is 20.0 Å². The number of pyridine rings is 1. The van der Waals surface area contributed by atoms with Gasteiger partial charge in [-0.25, -0.2) is 4.98 Å². The van der Waals surface area contributed by atoms with Crippen LogP contribution in [0.4, 0.5) is 0 Å². The van der Waals surface area contributed by atoms with E-state index in [1.807, 2.05) is 91.9 Å². The summed E-state index contributed by atoms with van der Waals surface area (Å²) in [5.74, 6) is 0.579. The van der Waals surface area contributed by atoms with Gasteiger partial charge in [0.25, 0.3) is 12.1 Å². The maximum atomic E-state index is 14.2. The summed E-state index contributed by atoms with van der Waals surface area (Å²) in [6.07, 6.45) is 3.28. The fraction of sp³-hybridized carbons (Fsp3) is 0.314. The van der Waals surface area contributed by atoms with Crippen LogP contribution in [0.3, 0.4) is 0 Å². The summed E-state index contributed by atoms with van der Waals surface area (Å²) in [4.78, 5) is 37.1. The van der Waals surface area contributed by atoms with Crippen molar-refractivity contribution < 1.29 is 9.72 Å². The first-order valence-electron chi connectivity index (χ1n) is 15.4. The Hall–Kier alpha value is -4.76. The topological polar surface area (TPSA) is 94.8 Å². The minimum absolute atomic E-state index is 0.129. The summed E-state index contributed by atoms with van der Waals surface area (Å²) in [5.41, 5.74) is 5.11. The quantitative estimate of drug-likeness (QED) is 0.198. The second-order valence-corrected chi connectivity index (χ2v) is 11.5. The van der Waals surface area contributed by atoms with Crippen molar-refractivity contribution in [3.8, 4) is 11.3 Å². The highest BCUT2D eigenvalue weighted by atomic mass is 16.6. The van der Waals surface area contributed by atoms with Crippen LogP contribution in [0.15, 0.2) is 97.0 Å². The van der Waals surface area contributed by atoms with E-state index in [1.165, 1.54) is 0 Å². The van der Waals surface area contributed by atoms with Crippen molar-refractivity contribution in [1.82, 2.24) is 25.0 Å². The van der Waals surface area contributed by atoms with Crippen LogP contribution in [0.2, 0.25) is 0 Å². The number of nitrogens with zero attached hydrogens (tertiary/aromatic N) is 5. The van der Waals surface area contributed by atoms with Crippen LogP contribution in [-0.4, -0.2) is 69.8 Å². The molecule has 0 aliphatic carbocycles. The summed E-state index contributed by atoms with van der Waals surface area (Å²) in [6, 6.07) is 27.7. The van der Waals surface area contributed by atoms with Crippen LogP contribution in [0, 0.1) is 10.1 Å². The number of carbonyl (C=O) groups is 1. The van der Waals surface area contributed by atoms with Crippen molar-refractivity contribution in [2.45, 2.75) is 32.4 Å². The third-order valence-electron chi connectivity index (χ3n) is 8.64. The van der Waals surface area contributed by atoms with E-state index in [9.17, 15) is 14.9 Å². The molecule has 1 amide bonds. The molecule has 0 bridgehead atoms. The first-order chi connectivity index (χ1) is 21.5. The van der Waals surface area contributed by atoms with E-state index in [0.717, 1.165) is 65.4 Å². The van der Waals surface area contributed by atoms with E-state index in [0.29, 0.717) is 44.1 Å². The zero-order valence-corrected chi connectivity index (χ0v) is 25.1. The number of nitro groups is 1.